The third-order valence-corrected chi connectivity index (χ3v) is 4.25. The molecule has 92 valence electrons. The van der Waals surface area contributed by atoms with Crippen LogP contribution < -0.4 is 0 Å². The molecule has 1 aromatic carbocycles. The van der Waals surface area contributed by atoms with E-state index >= 15 is 0 Å². The Bertz CT molecular complexity index is 399. The van der Waals surface area contributed by atoms with Crippen molar-refractivity contribution >= 4 is 5.97 Å². The first kappa shape index (κ1) is 12.2. The standard InChI is InChI=1S/C15H20O2/c1-11-8-9-15(2,14(16)17)10-13(11)12-6-4-3-5-7-12/h3-7,11,13H,8-10H2,1-2H3,(H,16,17)/t11-,13+,15-/m1/s1. The van der Waals surface area contributed by atoms with Gasteiger partial charge in [0.2, 0.25) is 0 Å². The van der Waals surface area contributed by atoms with Gasteiger partial charge in [-0.3, -0.25) is 4.79 Å². The minimum atomic E-state index is -0.648. The predicted molar refractivity (Wildman–Crippen MR) is 67.9 cm³/mol. The minimum Gasteiger partial charge on any atom is -0.481 e. The number of benzene rings is 1. The Hall–Kier alpha value is -1.31. The van der Waals surface area contributed by atoms with Gasteiger partial charge in [0.1, 0.15) is 0 Å². The molecule has 0 unspecified atom stereocenters. The van der Waals surface area contributed by atoms with E-state index in [1.807, 2.05) is 25.1 Å². The summed E-state index contributed by atoms with van der Waals surface area (Å²) in [6, 6.07) is 10.3. The largest absolute Gasteiger partial charge is 0.481 e. The van der Waals surface area contributed by atoms with Crippen molar-refractivity contribution in [3.05, 3.63) is 35.9 Å². The lowest BCUT2D eigenvalue weighted by atomic mass is 9.65. The molecule has 17 heavy (non-hydrogen) atoms. The second kappa shape index (κ2) is 4.52. The lowest BCUT2D eigenvalue weighted by molar-refractivity contribution is -0.150. The third kappa shape index (κ3) is 2.36. The summed E-state index contributed by atoms with van der Waals surface area (Å²) in [5.41, 5.74) is 0.736. The smallest absolute Gasteiger partial charge is 0.309 e. The Labute approximate surface area is 103 Å². The van der Waals surface area contributed by atoms with Crippen LogP contribution in [0.2, 0.25) is 0 Å². The zero-order valence-corrected chi connectivity index (χ0v) is 10.5. The van der Waals surface area contributed by atoms with Crippen molar-refractivity contribution in [2.45, 2.75) is 39.0 Å². The van der Waals surface area contributed by atoms with Crippen LogP contribution in [0.3, 0.4) is 0 Å². The first-order valence-corrected chi connectivity index (χ1v) is 6.31. The van der Waals surface area contributed by atoms with Crippen molar-refractivity contribution in [2.75, 3.05) is 0 Å². The van der Waals surface area contributed by atoms with Gasteiger partial charge in [-0.15, -0.1) is 0 Å². The monoisotopic (exact) mass is 232 g/mol. The van der Waals surface area contributed by atoms with Crippen molar-refractivity contribution in [2.24, 2.45) is 11.3 Å². The molecular formula is C15H20O2. The predicted octanol–water partition coefficient (Wildman–Crippen LogP) is 3.68. The van der Waals surface area contributed by atoms with Crippen molar-refractivity contribution in [3.63, 3.8) is 0 Å². The number of carbonyl (C=O) groups is 1. The SMILES string of the molecule is C[C@@H]1CC[C@@](C)(C(=O)O)C[C@@H]1c1ccccc1. The highest BCUT2D eigenvalue weighted by molar-refractivity contribution is 5.74. The molecule has 1 N–H and O–H groups in total. The average Bonchev–Trinajstić information content (AvgIpc) is 2.33. The number of hydrogen-bond acceptors (Lipinski definition) is 1. The highest BCUT2D eigenvalue weighted by Crippen LogP contribution is 2.46. The first-order chi connectivity index (χ1) is 8.03. The van der Waals surface area contributed by atoms with Crippen LogP contribution in [0.25, 0.3) is 0 Å². The number of carboxylic acids is 1. The number of rotatable bonds is 2. The molecule has 2 heteroatoms. The molecule has 1 fully saturated rings. The van der Waals surface area contributed by atoms with Crippen LogP contribution >= 0.6 is 0 Å². The molecule has 1 aliphatic rings. The molecule has 0 radical (unpaired) electrons. The Morgan fingerprint density at radius 2 is 2.00 bits per heavy atom. The summed E-state index contributed by atoms with van der Waals surface area (Å²) in [4.78, 5) is 11.4. The summed E-state index contributed by atoms with van der Waals surface area (Å²) in [6.07, 6.45) is 2.56. The van der Waals surface area contributed by atoms with E-state index in [2.05, 4.69) is 19.1 Å². The van der Waals surface area contributed by atoms with Gasteiger partial charge >= 0.3 is 5.97 Å². The van der Waals surface area contributed by atoms with Crippen molar-refractivity contribution in [1.29, 1.82) is 0 Å². The van der Waals surface area contributed by atoms with E-state index in [-0.39, 0.29) is 0 Å². The Morgan fingerprint density at radius 1 is 1.35 bits per heavy atom. The maximum atomic E-state index is 11.4. The van der Waals surface area contributed by atoms with Gasteiger partial charge in [0.15, 0.2) is 0 Å². The normalized spacial score (nSPS) is 33.3. The second-order valence-corrected chi connectivity index (χ2v) is 5.60. The van der Waals surface area contributed by atoms with Crippen molar-refractivity contribution < 1.29 is 9.90 Å². The van der Waals surface area contributed by atoms with E-state index in [0.717, 1.165) is 19.3 Å². The van der Waals surface area contributed by atoms with E-state index in [4.69, 9.17) is 0 Å². The van der Waals surface area contributed by atoms with Crippen molar-refractivity contribution in [1.82, 2.24) is 0 Å². The molecule has 0 amide bonds. The number of carboxylic acid groups (broad SMARTS) is 1. The van der Waals surface area contributed by atoms with Gasteiger partial charge < -0.3 is 5.11 Å². The quantitative estimate of drug-likeness (QED) is 0.844. The topological polar surface area (TPSA) is 37.3 Å². The van der Waals surface area contributed by atoms with Gasteiger partial charge in [-0.1, -0.05) is 37.3 Å². The molecule has 0 aliphatic heterocycles. The van der Waals surface area contributed by atoms with Crippen LogP contribution in [0.15, 0.2) is 30.3 Å². The first-order valence-electron chi connectivity index (χ1n) is 6.31. The van der Waals surface area contributed by atoms with Gasteiger partial charge in [0.05, 0.1) is 5.41 Å². The second-order valence-electron chi connectivity index (χ2n) is 5.60. The van der Waals surface area contributed by atoms with Gasteiger partial charge in [-0.05, 0) is 43.6 Å². The molecule has 1 aliphatic carbocycles. The minimum absolute atomic E-state index is 0.381. The van der Waals surface area contributed by atoms with E-state index in [1.165, 1.54) is 5.56 Å². The van der Waals surface area contributed by atoms with E-state index in [9.17, 15) is 9.90 Å². The zero-order chi connectivity index (χ0) is 12.5. The molecule has 1 aromatic rings. The lowest BCUT2D eigenvalue weighted by Crippen LogP contribution is -2.35. The highest BCUT2D eigenvalue weighted by Gasteiger charge is 2.41. The van der Waals surface area contributed by atoms with Gasteiger partial charge in [0.25, 0.3) is 0 Å². The molecule has 2 nitrogen and oxygen atoms in total. The van der Waals surface area contributed by atoms with Crippen LogP contribution in [-0.4, -0.2) is 11.1 Å². The molecular weight excluding hydrogens is 212 g/mol. The molecule has 0 spiro atoms. The van der Waals surface area contributed by atoms with E-state index in [1.54, 1.807) is 0 Å². The summed E-state index contributed by atoms with van der Waals surface area (Å²) >= 11 is 0. The summed E-state index contributed by atoms with van der Waals surface area (Å²) < 4.78 is 0. The molecule has 1 saturated carbocycles. The molecule has 0 bridgehead atoms. The van der Waals surface area contributed by atoms with Crippen LogP contribution in [0, 0.1) is 11.3 Å². The molecule has 0 saturated heterocycles. The maximum Gasteiger partial charge on any atom is 0.309 e. The van der Waals surface area contributed by atoms with Gasteiger partial charge in [0, 0.05) is 0 Å². The van der Waals surface area contributed by atoms with E-state index < -0.39 is 11.4 Å². The fourth-order valence-electron chi connectivity index (χ4n) is 2.88. The molecule has 0 heterocycles. The van der Waals surface area contributed by atoms with Crippen LogP contribution in [0.1, 0.15) is 44.6 Å². The Kier molecular flexibility index (Phi) is 3.23. The maximum absolute atomic E-state index is 11.4. The Morgan fingerprint density at radius 3 is 2.59 bits per heavy atom. The summed E-state index contributed by atoms with van der Waals surface area (Å²) in [5, 5.41) is 9.35. The highest BCUT2D eigenvalue weighted by atomic mass is 16.4. The molecule has 2 rings (SSSR count). The summed E-state index contributed by atoms with van der Waals surface area (Å²) in [5.74, 6) is 0.307. The fraction of sp³-hybridized carbons (Fsp3) is 0.533. The van der Waals surface area contributed by atoms with Crippen LogP contribution in [-0.2, 0) is 4.79 Å². The third-order valence-electron chi connectivity index (χ3n) is 4.25. The van der Waals surface area contributed by atoms with Crippen LogP contribution in [0.5, 0.6) is 0 Å². The summed E-state index contributed by atoms with van der Waals surface area (Å²) in [6.45, 7) is 4.12. The summed E-state index contributed by atoms with van der Waals surface area (Å²) in [7, 11) is 0. The molecule has 3 atom stereocenters. The fourth-order valence-corrected chi connectivity index (χ4v) is 2.88. The number of hydrogen-bond donors (Lipinski definition) is 1. The number of aliphatic carboxylic acids is 1. The Balaban J connectivity index is 2.24. The van der Waals surface area contributed by atoms with Gasteiger partial charge in [-0.25, -0.2) is 0 Å². The molecule has 0 aromatic heterocycles. The lowest BCUT2D eigenvalue weighted by Gasteiger charge is -2.39. The zero-order valence-electron chi connectivity index (χ0n) is 10.5. The van der Waals surface area contributed by atoms with Crippen LogP contribution in [0.4, 0.5) is 0 Å². The van der Waals surface area contributed by atoms with Crippen molar-refractivity contribution in [3.8, 4) is 0 Å². The average molecular weight is 232 g/mol. The van der Waals surface area contributed by atoms with Gasteiger partial charge in [-0.2, -0.15) is 0 Å². The van der Waals surface area contributed by atoms with E-state index in [0.29, 0.717) is 11.8 Å².